The predicted octanol–water partition coefficient (Wildman–Crippen LogP) is 2.67. The zero-order valence-corrected chi connectivity index (χ0v) is 12.6. The number of aryl methyl sites for hydroxylation is 2. The molecule has 0 saturated heterocycles. The lowest BCUT2D eigenvalue weighted by Crippen LogP contribution is -2.22. The maximum atomic E-state index is 6.12. The Morgan fingerprint density at radius 1 is 1.25 bits per heavy atom. The summed E-state index contributed by atoms with van der Waals surface area (Å²) in [6.07, 6.45) is 0. The summed E-state index contributed by atoms with van der Waals surface area (Å²) in [6, 6.07) is 7.85. The van der Waals surface area contributed by atoms with E-state index in [9.17, 15) is 0 Å². The second-order valence-corrected chi connectivity index (χ2v) is 5.51. The van der Waals surface area contributed by atoms with Crippen molar-refractivity contribution in [1.82, 2.24) is 9.78 Å². The first-order valence-electron chi connectivity index (χ1n) is 6.63. The highest BCUT2D eigenvalue weighted by molar-refractivity contribution is 6.31. The number of benzene rings is 1. The lowest BCUT2D eigenvalue weighted by Gasteiger charge is -2.17. The standard InChI is InChI=1S/C15H17ClN4/c1-10-13-14(11-5-4-6-12(16)9-11)17-7-8-19(2)15(13)20(3)18-10/h4-6,9H,7-8H2,1-3H3. The van der Waals surface area contributed by atoms with Crippen molar-refractivity contribution in [3.05, 3.63) is 46.1 Å². The molecule has 0 bridgehead atoms. The Hall–Kier alpha value is -1.81. The van der Waals surface area contributed by atoms with Crippen LogP contribution in [0.25, 0.3) is 0 Å². The molecule has 20 heavy (non-hydrogen) atoms. The number of aliphatic imine (C=N–C) groups is 1. The zero-order chi connectivity index (χ0) is 14.3. The molecular formula is C15H17ClN4. The minimum Gasteiger partial charge on any atom is -0.357 e. The van der Waals surface area contributed by atoms with E-state index in [0.717, 1.165) is 46.5 Å². The van der Waals surface area contributed by atoms with E-state index in [0.29, 0.717) is 0 Å². The molecule has 3 rings (SSSR count). The van der Waals surface area contributed by atoms with E-state index in [4.69, 9.17) is 16.6 Å². The fourth-order valence-electron chi connectivity index (χ4n) is 2.73. The quantitative estimate of drug-likeness (QED) is 0.808. The summed E-state index contributed by atoms with van der Waals surface area (Å²) in [4.78, 5) is 6.97. The van der Waals surface area contributed by atoms with E-state index < -0.39 is 0 Å². The summed E-state index contributed by atoms with van der Waals surface area (Å²) in [7, 11) is 4.06. The average Bonchev–Trinajstić information content (AvgIpc) is 2.58. The Morgan fingerprint density at radius 2 is 2.05 bits per heavy atom. The van der Waals surface area contributed by atoms with Crippen molar-refractivity contribution >= 4 is 23.1 Å². The van der Waals surface area contributed by atoms with Crippen molar-refractivity contribution in [2.24, 2.45) is 12.0 Å². The van der Waals surface area contributed by atoms with Crippen molar-refractivity contribution in [1.29, 1.82) is 0 Å². The molecule has 2 heterocycles. The summed E-state index contributed by atoms with van der Waals surface area (Å²) >= 11 is 6.12. The monoisotopic (exact) mass is 288 g/mol. The molecule has 1 aliphatic heterocycles. The highest BCUT2D eigenvalue weighted by atomic mass is 35.5. The maximum Gasteiger partial charge on any atom is 0.136 e. The predicted molar refractivity (Wildman–Crippen MR) is 83.2 cm³/mol. The molecule has 0 fully saturated rings. The van der Waals surface area contributed by atoms with Crippen molar-refractivity contribution in [2.75, 3.05) is 25.0 Å². The number of hydrogen-bond acceptors (Lipinski definition) is 3. The Bertz CT molecular complexity index is 687. The first-order valence-corrected chi connectivity index (χ1v) is 7.01. The molecule has 1 aromatic carbocycles. The third-order valence-corrected chi connectivity index (χ3v) is 3.83. The molecule has 104 valence electrons. The molecule has 0 radical (unpaired) electrons. The van der Waals surface area contributed by atoms with E-state index >= 15 is 0 Å². The fourth-order valence-corrected chi connectivity index (χ4v) is 2.92. The van der Waals surface area contributed by atoms with Crippen LogP contribution in [0.4, 0.5) is 5.82 Å². The number of likely N-dealkylation sites (N-methyl/N-ethyl adjacent to an activating group) is 1. The Kier molecular flexibility index (Phi) is 3.26. The van der Waals surface area contributed by atoms with Gasteiger partial charge in [0.05, 0.1) is 23.5 Å². The molecule has 0 aliphatic carbocycles. The molecular weight excluding hydrogens is 272 g/mol. The van der Waals surface area contributed by atoms with Crippen molar-refractivity contribution in [3.8, 4) is 0 Å². The van der Waals surface area contributed by atoms with Gasteiger partial charge in [0, 0.05) is 31.2 Å². The second kappa shape index (κ2) is 4.94. The molecule has 1 aromatic heterocycles. The molecule has 0 atom stereocenters. The third kappa shape index (κ3) is 2.10. The van der Waals surface area contributed by atoms with Crippen molar-refractivity contribution < 1.29 is 0 Å². The summed E-state index contributed by atoms with van der Waals surface area (Å²) in [6.45, 7) is 3.68. The number of aromatic nitrogens is 2. The number of rotatable bonds is 1. The molecule has 2 aromatic rings. The van der Waals surface area contributed by atoms with Crippen molar-refractivity contribution in [2.45, 2.75) is 6.92 Å². The molecule has 1 aliphatic rings. The lowest BCUT2D eigenvalue weighted by atomic mass is 10.0. The minimum absolute atomic E-state index is 0.728. The molecule has 0 unspecified atom stereocenters. The smallest absolute Gasteiger partial charge is 0.136 e. The van der Waals surface area contributed by atoms with Gasteiger partial charge in [-0.25, -0.2) is 0 Å². The highest BCUT2D eigenvalue weighted by Crippen LogP contribution is 2.28. The van der Waals surface area contributed by atoms with Crippen molar-refractivity contribution in [3.63, 3.8) is 0 Å². The van der Waals surface area contributed by atoms with Gasteiger partial charge < -0.3 is 4.90 Å². The van der Waals surface area contributed by atoms with Gasteiger partial charge in [-0.3, -0.25) is 9.67 Å². The topological polar surface area (TPSA) is 33.4 Å². The number of anilines is 1. The van der Waals surface area contributed by atoms with Crippen LogP contribution in [-0.2, 0) is 7.05 Å². The number of hydrogen-bond donors (Lipinski definition) is 0. The van der Waals surface area contributed by atoms with E-state index in [1.165, 1.54) is 0 Å². The number of halogens is 1. The van der Waals surface area contributed by atoms with Gasteiger partial charge in [0.2, 0.25) is 0 Å². The van der Waals surface area contributed by atoms with Gasteiger partial charge in [0.15, 0.2) is 0 Å². The van der Waals surface area contributed by atoms with E-state index in [2.05, 4.69) is 17.0 Å². The van der Waals surface area contributed by atoms with Gasteiger partial charge in [-0.1, -0.05) is 23.7 Å². The van der Waals surface area contributed by atoms with Crippen LogP contribution < -0.4 is 4.90 Å². The van der Waals surface area contributed by atoms with Crippen LogP contribution in [-0.4, -0.2) is 35.6 Å². The first-order chi connectivity index (χ1) is 9.58. The molecule has 0 spiro atoms. The average molecular weight is 289 g/mol. The largest absolute Gasteiger partial charge is 0.357 e. The van der Waals surface area contributed by atoms with Crippen LogP contribution in [0.2, 0.25) is 5.02 Å². The van der Waals surface area contributed by atoms with E-state index in [1.807, 2.05) is 42.9 Å². The first kappa shape index (κ1) is 13.2. The molecule has 5 heteroatoms. The summed E-state index contributed by atoms with van der Waals surface area (Å²) in [5.74, 6) is 1.11. The van der Waals surface area contributed by atoms with E-state index in [1.54, 1.807) is 0 Å². The van der Waals surface area contributed by atoms with Crippen LogP contribution in [0.5, 0.6) is 0 Å². The van der Waals surface area contributed by atoms with Gasteiger partial charge in [-0.2, -0.15) is 5.10 Å². The van der Waals surface area contributed by atoms with Gasteiger partial charge in [0.1, 0.15) is 5.82 Å². The summed E-state index contributed by atoms with van der Waals surface area (Å²) in [5, 5.41) is 5.27. The molecule has 4 nitrogen and oxygen atoms in total. The van der Waals surface area contributed by atoms with Crippen LogP contribution in [0.3, 0.4) is 0 Å². The van der Waals surface area contributed by atoms with E-state index in [-0.39, 0.29) is 0 Å². The van der Waals surface area contributed by atoms with Gasteiger partial charge in [-0.15, -0.1) is 0 Å². The number of nitrogens with zero attached hydrogens (tertiary/aromatic N) is 4. The number of fused-ring (bicyclic) bond motifs is 1. The highest BCUT2D eigenvalue weighted by Gasteiger charge is 2.24. The van der Waals surface area contributed by atoms with Crippen LogP contribution in [0.1, 0.15) is 16.8 Å². The van der Waals surface area contributed by atoms with Crippen LogP contribution >= 0.6 is 11.6 Å². The van der Waals surface area contributed by atoms with Gasteiger partial charge >= 0.3 is 0 Å². The van der Waals surface area contributed by atoms with Gasteiger partial charge in [-0.05, 0) is 19.1 Å². The van der Waals surface area contributed by atoms with Crippen LogP contribution in [0, 0.1) is 6.92 Å². The fraction of sp³-hybridized carbons (Fsp3) is 0.333. The minimum atomic E-state index is 0.728. The molecule has 0 N–H and O–H groups in total. The van der Waals surface area contributed by atoms with Gasteiger partial charge in [0.25, 0.3) is 0 Å². The van der Waals surface area contributed by atoms with Crippen LogP contribution in [0.15, 0.2) is 29.3 Å². The Labute approximate surface area is 123 Å². The Balaban J connectivity index is 2.22. The third-order valence-electron chi connectivity index (χ3n) is 3.59. The molecule has 0 saturated carbocycles. The normalized spacial score (nSPS) is 14.8. The zero-order valence-electron chi connectivity index (χ0n) is 11.9. The summed E-state index contributed by atoms with van der Waals surface area (Å²) in [5.41, 5.74) is 4.13. The Morgan fingerprint density at radius 3 is 2.80 bits per heavy atom. The summed E-state index contributed by atoms with van der Waals surface area (Å²) < 4.78 is 1.93. The second-order valence-electron chi connectivity index (χ2n) is 5.07. The maximum absolute atomic E-state index is 6.12. The molecule has 0 amide bonds. The SMILES string of the molecule is Cc1nn(C)c2c1C(c1cccc(Cl)c1)=NCCN2C. The lowest BCUT2D eigenvalue weighted by molar-refractivity contribution is 0.728.